The Morgan fingerprint density at radius 1 is 1.11 bits per heavy atom. The molecule has 2 N–H and O–H groups in total. The standard InChI is InChI=1S/C15H31NO3/c1-7-13(17)8-14(3,4)9-18-10-15(5,6)11-19-12(2)16/h12H,7-11,16H2,1-6H3. The smallest absolute Gasteiger partial charge is 0.133 e. The van der Waals surface area contributed by atoms with Crippen LogP contribution in [0.5, 0.6) is 0 Å². The molecule has 0 heterocycles. The lowest BCUT2D eigenvalue weighted by molar-refractivity contribution is -0.122. The molecule has 114 valence electrons. The summed E-state index contributed by atoms with van der Waals surface area (Å²) in [4.78, 5) is 11.5. The van der Waals surface area contributed by atoms with E-state index in [2.05, 4.69) is 27.7 Å². The number of hydrogen-bond acceptors (Lipinski definition) is 4. The second-order valence-corrected chi connectivity index (χ2v) is 6.91. The van der Waals surface area contributed by atoms with E-state index in [0.717, 1.165) is 0 Å². The van der Waals surface area contributed by atoms with E-state index in [1.54, 1.807) is 0 Å². The highest BCUT2D eigenvalue weighted by atomic mass is 16.5. The number of carbonyl (C=O) groups excluding carboxylic acids is 1. The van der Waals surface area contributed by atoms with Crippen LogP contribution >= 0.6 is 0 Å². The van der Waals surface area contributed by atoms with Gasteiger partial charge in [0.1, 0.15) is 12.0 Å². The van der Waals surface area contributed by atoms with Crippen molar-refractivity contribution in [3.05, 3.63) is 0 Å². The molecule has 4 nitrogen and oxygen atoms in total. The van der Waals surface area contributed by atoms with Gasteiger partial charge in [-0.25, -0.2) is 0 Å². The Kier molecular flexibility index (Phi) is 7.79. The van der Waals surface area contributed by atoms with Crippen LogP contribution in [0, 0.1) is 10.8 Å². The lowest BCUT2D eigenvalue weighted by Gasteiger charge is -2.29. The van der Waals surface area contributed by atoms with E-state index in [1.807, 2.05) is 13.8 Å². The Labute approximate surface area is 118 Å². The van der Waals surface area contributed by atoms with Gasteiger partial charge in [-0.05, 0) is 12.3 Å². The normalized spacial score (nSPS) is 14.5. The minimum Gasteiger partial charge on any atom is -0.380 e. The molecule has 0 bridgehead atoms. The molecule has 0 saturated carbocycles. The van der Waals surface area contributed by atoms with Crippen LogP contribution in [0.3, 0.4) is 0 Å². The van der Waals surface area contributed by atoms with Gasteiger partial charge in [-0.3, -0.25) is 4.79 Å². The van der Waals surface area contributed by atoms with E-state index in [1.165, 1.54) is 0 Å². The highest BCUT2D eigenvalue weighted by Crippen LogP contribution is 2.24. The summed E-state index contributed by atoms with van der Waals surface area (Å²) in [6, 6.07) is 0. The van der Waals surface area contributed by atoms with E-state index in [9.17, 15) is 4.79 Å². The van der Waals surface area contributed by atoms with Crippen molar-refractivity contribution in [1.29, 1.82) is 0 Å². The fourth-order valence-electron chi connectivity index (χ4n) is 1.71. The van der Waals surface area contributed by atoms with Crippen molar-refractivity contribution in [3.63, 3.8) is 0 Å². The van der Waals surface area contributed by atoms with Crippen LogP contribution in [0.2, 0.25) is 0 Å². The Morgan fingerprint density at radius 2 is 1.63 bits per heavy atom. The highest BCUT2D eigenvalue weighted by molar-refractivity contribution is 5.78. The summed E-state index contributed by atoms with van der Waals surface area (Å²) in [6.07, 6.45) is 0.912. The molecule has 0 aromatic carbocycles. The largest absolute Gasteiger partial charge is 0.380 e. The molecule has 4 heteroatoms. The zero-order chi connectivity index (χ0) is 15.1. The van der Waals surface area contributed by atoms with Gasteiger partial charge >= 0.3 is 0 Å². The van der Waals surface area contributed by atoms with E-state index in [-0.39, 0.29) is 22.8 Å². The van der Waals surface area contributed by atoms with Crippen LogP contribution in [0.1, 0.15) is 54.4 Å². The zero-order valence-corrected chi connectivity index (χ0v) is 13.4. The van der Waals surface area contributed by atoms with Gasteiger partial charge in [-0.1, -0.05) is 34.6 Å². The van der Waals surface area contributed by atoms with Gasteiger partial charge in [0, 0.05) is 18.3 Å². The summed E-state index contributed by atoms with van der Waals surface area (Å²) in [5, 5.41) is 0. The summed E-state index contributed by atoms with van der Waals surface area (Å²) in [6.45, 7) is 13.8. The number of ether oxygens (including phenoxy) is 2. The number of hydrogen-bond donors (Lipinski definition) is 1. The second-order valence-electron chi connectivity index (χ2n) is 6.91. The molecule has 0 aliphatic carbocycles. The fraction of sp³-hybridized carbons (Fsp3) is 0.933. The first-order valence-electron chi connectivity index (χ1n) is 7.04. The number of rotatable bonds is 10. The van der Waals surface area contributed by atoms with Crippen molar-refractivity contribution in [2.75, 3.05) is 19.8 Å². The molecule has 0 fully saturated rings. The summed E-state index contributed by atoms with van der Waals surface area (Å²) < 4.78 is 11.2. The van der Waals surface area contributed by atoms with Crippen molar-refractivity contribution < 1.29 is 14.3 Å². The predicted molar refractivity (Wildman–Crippen MR) is 77.9 cm³/mol. The first-order valence-corrected chi connectivity index (χ1v) is 7.04. The number of carbonyl (C=O) groups is 1. The van der Waals surface area contributed by atoms with Gasteiger partial charge < -0.3 is 15.2 Å². The minimum atomic E-state index is -0.252. The predicted octanol–water partition coefficient (Wildman–Crippen LogP) is 2.75. The summed E-state index contributed by atoms with van der Waals surface area (Å²) in [5.41, 5.74) is 5.39. The van der Waals surface area contributed by atoms with Crippen molar-refractivity contribution >= 4 is 5.78 Å². The molecule has 0 radical (unpaired) electrons. The summed E-state index contributed by atoms with van der Waals surface area (Å²) in [7, 11) is 0. The average molecular weight is 273 g/mol. The fourth-order valence-corrected chi connectivity index (χ4v) is 1.71. The first kappa shape index (κ1) is 18.6. The van der Waals surface area contributed by atoms with Crippen molar-refractivity contribution in [2.24, 2.45) is 16.6 Å². The van der Waals surface area contributed by atoms with Crippen LogP contribution in [-0.2, 0) is 14.3 Å². The lowest BCUT2D eigenvalue weighted by atomic mass is 9.87. The van der Waals surface area contributed by atoms with Crippen LogP contribution in [0.15, 0.2) is 0 Å². The molecule has 0 aromatic rings. The van der Waals surface area contributed by atoms with Gasteiger partial charge in [0.05, 0.1) is 19.8 Å². The maximum absolute atomic E-state index is 11.5. The third kappa shape index (κ3) is 10.0. The van der Waals surface area contributed by atoms with Crippen LogP contribution < -0.4 is 5.73 Å². The van der Waals surface area contributed by atoms with Crippen LogP contribution in [0.4, 0.5) is 0 Å². The average Bonchev–Trinajstić information content (AvgIpc) is 2.25. The third-order valence-electron chi connectivity index (χ3n) is 2.79. The Morgan fingerprint density at radius 3 is 2.11 bits per heavy atom. The van der Waals surface area contributed by atoms with Gasteiger partial charge in [-0.15, -0.1) is 0 Å². The van der Waals surface area contributed by atoms with Gasteiger partial charge in [0.15, 0.2) is 0 Å². The van der Waals surface area contributed by atoms with E-state index in [4.69, 9.17) is 15.2 Å². The Bertz CT molecular complexity index is 273. The lowest BCUT2D eigenvalue weighted by Crippen LogP contribution is -2.32. The van der Waals surface area contributed by atoms with Crippen molar-refractivity contribution in [1.82, 2.24) is 0 Å². The zero-order valence-electron chi connectivity index (χ0n) is 13.4. The first-order chi connectivity index (χ1) is 8.58. The monoisotopic (exact) mass is 273 g/mol. The summed E-state index contributed by atoms with van der Waals surface area (Å²) in [5.74, 6) is 0.285. The van der Waals surface area contributed by atoms with Crippen LogP contribution in [-0.4, -0.2) is 31.8 Å². The molecular weight excluding hydrogens is 242 g/mol. The molecule has 0 aliphatic heterocycles. The molecule has 0 spiro atoms. The molecular formula is C15H31NO3. The summed E-state index contributed by atoms with van der Waals surface area (Å²) >= 11 is 0. The molecule has 0 amide bonds. The van der Waals surface area contributed by atoms with Gasteiger partial charge in [-0.2, -0.15) is 0 Å². The minimum absolute atomic E-state index is 0.0710. The molecule has 1 unspecified atom stereocenters. The molecule has 19 heavy (non-hydrogen) atoms. The maximum Gasteiger partial charge on any atom is 0.133 e. The molecule has 0 rings (SSSR count). The van der Waals surface area contributed by atoms with Gasteiger partial charge in [0.2, 0.25) is 0 Å². The molecule has 0 saturated heterocycles. The second kappa shape index (κ2) is 7.98. The molecule has 1 atom stereocenters. The number of ketones is 1. The number of Topliss-reactive ketones (excluding diaryl/α,β-unsaturated/α-hetero) is 1. The van der Waals surface area contributed by atoms with E-state index < -0.39 is 0 Å². The number of nitrogens with two attached hydrogens (primary N) is 1. The maximum atomic E-state index is 11.5. The molecule has 0 aliphatic rings. The van der Waals surface area contributed by atoms with Crippen molar-refractivity contribution in [2.45, 2.75) is 60.6 Å². The van der Waals surface area contributed by atoms with Gasteiger partial charge in [0.25, 0.3) is 0 Å². The third-order valence-corrected chi connectivity index (χ3v) is 2.79. The van der Waals surface area contributed by atoms with Crippen LogP contribution in [0.25, 0.3) is 0 Å². The SMILES string of the molecule is CCC(=O)CC(C)(C)COCC(C)(C)COC(C)N. The highest BCUT2D eigenvalue weighted by Gasteiger charge is 2.24. The van der Waals surface area contributed by atoms with Crippen molar-refractivity contribution in [3.8, 4) is 0 Å². The van der Waals surface area contributed by atoms with E-state index >= 15 is 0 Å². The Hall–Kier alpha value is -0.450. The Balaban J connectivity index is 4.02. The quantitative estimate of drug-likeness (QED) is 0.622. The topological polar surface area (TPSA) is 61.5 Å². The molecule has 0 aromatic heterocycles. The van der Waals surface area contributed by atoms with E-state index in [0.29, 0.717) is 32.7 Å².